The molecule has 26 heavy (non-hydrogen) atoms. The fourth-order valence-electron chi connectivity index (χ4n) is 4.13. The Bertz CT molecular complexity index is 869. The lowest BCUT2D eigenvalue weighted by atomic mass is 9.77. The SMILES string of the molecule is CC1(C)C[C@]2(C[C@H](c3ccccc3)c3cc(Cl)c(O)cc3O2)NC(=O)N1. The van der Waals surface area contributed by atoms with Gasteiger partial charge in [0.05, 0.1) is 5.02 Å². The quantitative estimate of drug-likeness (QED) is 0.704. The predicted octanol–water partition coefficient (Wildman–Crippen LogP) is 4.14. The molecule has 2 aromatic carbocycles. The highest BCUT2D eigenvalue weighted by Gasteiger charge is 2.49. The molecular weight excluding hydrogens is 352 g/mol. The number of benzene rings is 2. The van der Waals surface area contributed by atoms with Crippen LogP contribution in [0.5, 0.6) is 11.5 Å². The molecule has 1 spiro atoms. The number of aromatic hydroxyl groups is 1. The largest absolute Gasteiger partial charge is 0.506 e. The summed E-state index contributed by atoms with van der Waals surface area (Å²) < 4.78 is 6.26. The monoisotopic (exact) mass is 372 g/mol. The van der Waals surface area contributed by atoms with E-state index in [9.17, 15) is 9.90 Å². The number of rotatable bonds is 1. The normalized spacial score (nSPS) is 26.4. The average Bonchev–Trinajstić information content (AvgIpc) is 2.54. The lowest BCUT2D eigenvalue weighted by Gasteiger charge is -2.49. The molecule has 2 atom stereocenters. The van der Waals surface area contributed by atoms with Crippen molar-refractivity contribution in [2.45, 2.75) is 43.9 Å². The van der Waals surface area contributed by atoms with Gasteiger partial charge in [0.1, 0.15) is 11.5 Å². The highest BCUT2D eigenvalue weighted by molar-refractivity contribution is 6.32. The first-order chi connectivity index (χ1) is 12.3. The van der Waals surface area contributed by atoms with Crippen molar-refractivity contribution in [3.05, 3.63) is 58.6 Å². The third-order valence-corrected chi connectivity index (χ3v) is 5.32. The van der Waals surface area contributed by atoms with Crippen LogP contribution in [0.4, 0.5) is 4.79 Å². The number of hydrogen-bond donors (Lipinski definition) is 3. The highest BCUT2D eigenvalue weighted by atomic mass is 35.5. The summed E-state index contributed by atoms with van der Waals surface area (Å²) in [5.41, 5.74) is 0.772. The standard InChI is InChI=1S/C20H21ClN2O3/c1-19(2)11-20(23-18(25)22-19)10-14(12-6-4-3-5-7-12)13-8-15(21)16(24)9-17(13)26-20/h3-9,14,24H,10-11H2,1-2H3,(H2,22,23,25)/t14-,20-/m1/s1. The van der Waals surface area contributed by atoms with Gasteiger partial charge in [-0.25, -0.2) is 4.79 Å². The fraction of sp³-hybridized carbons (Fsp3) is 0.350. The van der Waals surface area contributed by atoms with E-state index in [0.29, 0.717) is 23.6 Å². The summed E-state index contributed by atoms with van der Waals surface area (Å²) in [4.78, 5) is 12.3. The molecule has 0 unspecified atom stereocenters. The first-order valence-corrected chi connectivity index (χ1v) is 9.01. The Morgan fingerprint density at radius 1 is 1.19 bits per heavy atom. The number of ether oxygens (including phenoxy) is 1. The van der Waals surface area contributed by atoms with Crippen LogP contribution in [0.3, 0.4) is 0 Å². The Kier molecular flexibility index (Phi) is 3.81. The third-order valence-electron chi connectivity index (χ3n) is 5.02. The van der Waals surface area contributed by atoms with E-state index in [1.54, 1.807) is 6.07 Å². The van der Waals surface area contributed by atoms with E-state index < -0.39 is 11.3 Å². The number of carbonyl (C=O) groups is 1. The molecule has 0 bridgehead atoms. The molecule has 0 radical (unpaired) electrons. The van der Waals surface area contributed by atoms with Crippen molar-refractivity contribution in [3.8, 4) is 11.5 Å². The number of amides is 2. The third kappa shape index (κ3) is 2.97. The molecule has 1 saturated heterocycles. The van der Waals surface area contributed by atoms with Crippen LogP contribution in [0, 0.1) is 0 Å². The van der Waals surface area contributed by atoms with Crippen molar-refractivity contribution >= 4 is 17.6 Å². The van der Waals surface area contributed by atoms with Crippen LogP contribution in [-0.2, 0) is 0 Å². The van der Waals surface area contributed by atoms with Crippen molar-refractivity contribution in [2.24, 2.45) is 0 Å². The van der Waals surface area contributed by atoms with Gasteiger partial charge in [0.25, 0.3) is 0 Å². The molecule has 1 fully saturated rings. The maximum Gasteiger partial charge on any atom is 0.318 e. The van der Waals surface area contributed by atoms with E-state index in [0.717, 1.165) is 11.1 Å². The number of carbonyl (C=O) groups excluding carboxylic acids is 1. The van der Waals surface area contributed by atoms with Gasteiger partial charge in [-0.2, -0.15) is 0 Å². The molecule has 2 amide bonds. The van der Waals surface area contributed by atoms with E-state index in [1.165, 1.54) is 6.07 Å². The number of urea groups is 1. The van der Waals surface area contributed by atoms with Crippen molar-refractivity contribution in [2.75, 3.05) is 0 Å². The number of phenols is 1. The summed E-state index contributed by atoms with van der Waals surface area (Å²) in [5, 5.41) is 16.3. The van der Waals surface area contributed by atoms with Gasteiger partial charge >= 0.3 is 6.03 Å². The van der Waals surface area contributed by atoms with Gasteiger partial charge in [0.15, 0.2) is 5.72 Å². The minimum Gasteiger partial charge on any atom is -0.506 e. The predicted molar refractivity (Wildman–Crippen MR) is 99.7 cm³/mol. The van der Waals surface area contributed by atoms with Gasteiger partial charge in [0.2, 0.25) is 0 Å². The molecule has 6 heteroatoms. The lowest BCUT2D eigenvalue weighted by Crippen LogP contribution is -2.69. The maximum atomic E-state index is 12.3. The second-order valence-corrected chi connectivity index (χ2v) is 8.15. The topological polar surface area (TPSA) is 70.6 Å². The second kappa shape index (κ2) is 5.81. The van der Waals surface area contributed by atoms with E-state index in [1.807, 2.05) is 32.0 Å². The van der Waals surface area contributed by atoms with Gasteiger partial charge in [-0.05, 0) is 25.5 Å². The fourth-order valence-corrected chi connectivity index (χ4v) is 4.30. The molecule has 0 saturated carbocycles. The summed E-state index contributed by atoms with van der Waals surface area (Å²) in [7, 11) is 0. The summed E-state index contributed by atoms with van der Waals surface area (Å²) in [6.07, 6.45) is 1.18. The molecule has 5 nitrogen and oxygen atoms in total. The van der Waals surface area contributed by atoms with Gasteiger partial charge < -0.3 is 20.5 Å². The van der Waals surface area contributed by atoms with E-state index >= 15 is 0 Å². The van der Waals surface area contributed by atoms with Crippen LogP contribution in [-0.4, -0.2) is 22.4 Å². The summed E-state index contributed by atoms with van der Waals surface area (Å²) in [6, 6.07) is 13.1. The van der Waals surface area contributed by atoms with E-state index in [4.69, 9.17) is 16.3 Å². The molecular formula is C20H21ClN2O3. The Labute approximate surface area is 157 Å². The van der Waals surface area contributed by atoms with Crippen molar-refractivity contribution in [3.63, 3.8) is 0 Å². The molecule has 2 aliphatic heterocycles. The Morgan fingerprint density at radius 2 is 1.92 bits per heavy atom. The van der Waals surface area contributed by atoms with Crippen LogP contribution in [0.15, 0.2) is 42.5 Å². The number of fused-ring (bicyclic) bond motifs is 1. The molecule has 0 aliphatic carbocycles. The molecule has 2 aromatic rings. The van der Waals surface area contributed by atoms with Gasteiger partial charge in [-0.15, -0.1) is 0 Å². The van der Waals surface area contributed by atoms with Crippen LogP contribution < -0.4 is 15.4 Å². The summed E-state index contributed by atoms with van der Waals surface area (Å²) in [5.74, 6) is 0.506. The van der Waals surface area contributed by atoms with Crippen LogP contribution in [0.1, 0.15) is 43.7 Å². The summed E-state index contributed by atoms with van der Waals surface area (Å²) >= 11 is 6.16. The Balaban J connectivity index is 1.84. The lowest BCUT2D eigenvalue weighted by molar-refractivity contribution is -0.0236. The Morgan fingerprint density at radius 3 is 2.62 bits per heavy atom. The maximum absolute atomic E-state index is 12.3. The molecule has 136 valence electrons. The van der Waals surface area contributed by atoms with E-state index in [-0.39, 0.29) is 17.7 Å². The van der Waals surface area contributed by atoms with Crippen LogP contribution in [0.2, 0.25) is 5.02 Å². The zero-order valence-corrected chi connectivity index (χ0v) is 15.4. The number of phenolic OH excluding ortho intramolecular Hbond substituents is 1. The van der Waals surface area contributed by atoms with E-state index in [2.05, 4.69) is 22.8 Å². The zero-order valence-electron chi connectivity index (χ0n) is 14.7. The smallest absolute Gasteiger partial charge is 0.318 e. The molecule has 2 aliphatic rings. The molecule has 4 rings (SSSR count). The minimum absolute atomic E-state index is 0.00718. The average molecular weight is 373 g/mol. The molecule has 0 aromatic heterocycles. The van der Waals surface area contributed by atoms with Gasteiger partial charge in [0, 0.05) is 35.9 Å². The number of nitrogens with one attached hydrogen (secondary N) is 2. The van der Waals surface area contributed by atoms with Gasteiger partial charge in [-0.1, -0.05) is 41.9 Å². The summed E-state index contributed by atoms with van der Waals surface area (Å²) in [6.45, 7) is 3.95. The van der Waals surface area contributed by atoms with Crippen molar-refractivity contribution in [1.29, 1.82) is 0 Å². The van der Waals surface area contributed by atoms with Crippen molar-refractivity contribution < 1.29 is 14.6 Å². The second-order valence-electron chi connectivity index (χ2n) is 7.74. The van der Waals surface area contributed by atoms with Crippen LogP contribution in [0.25, 0.3) is 0 Å². The first kappa shape index (κ1) is 17.0. The van der Waals surface area contributed by atoms with Crippen molar-refractivity contribution in [1.82, 2.24) is 10.6 Å². The molecule has 2 heterocycles. The van der Waals surface area contributed by atoms with Crippen LogP contribution >= 0.6 is 11.6 Å². The number of halogens is 1. The minimum atomic E-state index is -0.848. The van der Waals surface area contributed by atoms with Gasteiger partial charge in [-0.3, -0.25) is 0 Å². The Hall–Kier alpha value is -2.40. The highest BCUT2D eigenvalue weighted by Crippen LogP contribution is 2.49. The first-order valence-electron chi connectivity index (χ1n) is 8.64. The molecule has 3 N–H and O–H groups in total. The zero-order chi connectivity index (χ0) is 18.5. The number of hydrogen-bond acceptors (Lipinski definition) is 3.